The molecule has 1 aliphatic carbocycles. The number of carbonyl (C=O) groups excluding carboxylic acids is 1. The standard InChI is InChI=1S/C13H25NO2/c1-2-4-11(9-10-14)7-8-13(15)16-12-5-3-6-12/h11-12H,2-10,14H2,1H3. The van der Waals surface area contributed by atoms with Crippen LogP contribution in [0.4, 0.5) is 0 Å². The summed E-state index contributed by atoms with van der Waals surface area (Å²) in [5.41, 5.74) is 5.56. The van der Waals surface area contributed by atoms with Crippen molar-refractivity contribution in [2.24, 2.45) is 11.7 Å². The van der Waals surface area contributed by atoms with Gasteiger partial charge >= 0.3 is 5.97 Å². The van der Waals surface area contributed by atoms with E-state index in [0.717, 1.165) is 32.2 Å². The van der Waals surface area contributed by atoms with Gasteiger partial charge in [0.05, 0.1) is 0 Å². The maximum absolute atomic E-state index is 11.5. The summed E-state index contributed by atoms with van der Waals surface area (Å²) in [6.45, 7) is 2.90. The first-order chi connectivity index (χ1) is 7.76. The summed E-state index contributed by atoms with van der Waals surface area (Å²) in [6.07, 6.45) is 8.45. The highest BCUT2D eigenvalue weighted by molar-refractivity contribution is 5.69. The fourth-order valence-corrected chi connectivity index (χ4v) is 2.13. The molecule has 0 heterocycles. The molecule has 1 rings (SSSR count). The summed E-state index contributed by atoms with van der Waals surface area (Å²) in [5, 5.41) is 0. The van der Waals surface area contributed by atoms with Gasteiger partial charge in [-0.15, -0.1) is 0 Å². The van der Waals surface area contributed by atoms with Crippen LogP contribution in [0, 0.1) is 5.92 Å². The first kappa shape index (κ1) is 13.5. The number of esters is 1. The van der Waals surface area contributed by atoms with Crippen molar-refractivity contribution in [2.75, 3.05) is 6.54 Å². The zero-order chi connectivity index (χ0) is 11.8. The largest absolute Gasteiger partial charge is 0.462 e. The van der Waals surface area contributed by atoms with Crippen molar-refractivity contribution in [3.8, 4) is 0 Å². The van der Waals surface area contributed by atoms with Crippen LogP contribution in [0.25, 0.3) is 0 Å². The number of carbonyl (C=O) groups is 1. The van der Waals surface area contributed by atoms with Crippen LogP contribution in [0.5, 0.6) is 0 Å². The Balaban J connectivity index is 2.11. The number of hydrogen-bond acceptors (Lipinski definition) is 3. The van der Waals surface area contributed by atoms with Crippen molar-refractivity contribution in [3.05, 3.63) is 0 Å². The van der Waals surface area contributed by atoms with E-state index in [4.69, 9.17) is 10.5 Å². The van der Waals surface area contributed by atoms with Gasteiger partial charge in [0.15, 0.2) is 0 Å². The van der Waals surface area contributed by atoms with E-state index in [1.54, 1.807) is 0 Å². The molecule has 0 saturated heterocycles. The highest BCUT2D eigenvalue weighted by Gasteiger charge is 2.21. The molecule has 0 radical (unpaired) electrons. The van der Waals surface area contributed by atoms with E-state index in [1.807, 2.05) is 0 Å². The highest BCUT2D eigenvalue weighted by Crippen LogP contribution is 2.23. The van der Waals surface area contributed by atoms with Crippen molar-refractivity contribution in [2.45, 2.75) is 64.4 Å². The lowest BCUT2D eigenvalue weighted by Crippen LogP contribution is -2.25. The van der Waals surface area contributed by atoms with Crippen LogP contribution in [0.15, 0.2) is 0 Å². The third kappa shape index (κ3) is 4.97. The molecule has 0 aromatic rings. The van der Waals surface area contributed by atoms with E-state index in [0.29, 0.717) is 12.3 Å². The highest BCUT2D eigenvalue weighted by atomic mass is 16.5. The zero-order valence-corrected chi connectivity index (χ0v) is 10.4. The minimum absolute atomic E-state index is 0.0113. The molecule has 1 unspecified atom stereocenters. The van der Waals surface area contributed by atoms with Gasteiger partial charge in [-0.3, -0.25) is 4.79 Å². The fourth-order valence-electron chi connectivity index (χ4n) is 2.13. The second-order valence-corrected chi connectivity index (χ2v) is 4.81. The Labute approximate surface area is 98.7 Å². The van der Waals surface area contributed by atoms with Gasteiger partial charge in [0.1, 0.15) is 6.10 Å². The predicted octanol–water partition coefficient (Wildman–Crippen LogP) is 2.63. The molecule has 3 heteroatoms. The minimum atomic E-state index is -0.0113. The normalized spacial score (nSPS) is 17.9. The van der Waals surface area contributed by atoms with Gasteiger partial charge in [-0.1, -0.05) is 19.8 Å². The smallest absolute Gasteiger partial charge is 0.306 e. The van der Waals surface area contributed by atoms with Crippen LogP contribution in [-0.2, 0) is 9.53 Å². The van der Waals surface area contributed by atoms with Crippen LogP contribution in [-0.4, -0.2) is 18.6 Å². The molecule has 0 aromatic carbocycles. The van der Waals surface area contributed by atoms with Crippen LogP contribution in [0.1, 0.15) is 58.3 Å². The molecule has 3 nitrogen and oxygen atoms in total. The number of rotatable bonds is 8. The van der Waals surface area contributed by atoms with E-state index in [9.17, 15) is 4.79 Å². The van der Waals surface area contributed by atoms with Gasteiger partial charge in [0, 0.05) is 6.42 Å². The van der Waals surface area contributed by atoms with E-state index >= 15 is 0 Å². The van der Waals surface area contributed by atoms with Gasteiger partial charge in [-0.25, -0.2) is 0 Å². The molecule has 1 aliphatic rings. The Kier molecular flexibility index (Phi) is 6.46. The second kappa shape index (κ2) is 7.66. The van der Waals surface area contributed by atoms with E-state index < -0.39 is 0 Å². The lowest BCUT2D eigenvalue weighted by molar-refractivity contribution is -0.153. The molecule has 16 heavy (non-hydrogen) atoms. The maximum Gasteiger partial charge on any atom is 0.306 e. The monoisotopic (exact) mass is 227 g/mol. The quantitative estimate of drug-likeness (QED) is 0.648. The molecule has 1 saturated carbocycles. The molecule has 1 atom stereocenters. The lowest BCUT2D eigenvalue weighted by Gasteiger charge is -2.25. The summed E-state index contributed by atoms with van der Waals surface area (Å²) in [4.78, 5) is 11.5. The van der Waals surface area contributed by atoms with Crippen molar-refractivity contribution in [1.29, 1.82) is 0 Å². The molecule has 0 bridgehead atoms. The second-order valence-electron chi connectivity index (χ2n) is 4.81. The molecule has 0 aliphatic heterocycles. The molecule has 0 aromatic heterocycles. The first-order valence-electron chi connectivity index (χ1n) is 6.65. The third-order valence-corrected chi connectivity index (χ3v) is 3.38. The van der Waals surface area contributed by atoms with Crippen molar-refractivity contribution in [1.82, 2.24) is 0 Å². The van der Waals surface area contributed by atoms with Gasteiger partial charge < -0.3 is 10.5 Å². The van der Waals surface area contributed by atoms with Crippen LogP contribution in [0.2, 0.25) is 0 Å². The Morgan fingerprint density at radius 3 is 2.62 bits per heavy atom. The summed E-state index contributed by atoms with van der Waals surface area (Å²) in [5.74, 6) is 0.590. The lowest BCUT2D eigenvalue weighted by atomic mass is 9.94. The molecule has 2 N–H and O–H groups in total. The summed E-state index contributed by atoms with van der Waals surface area (Å²) >= 11 is 0. The predicted molar refractivity (Wildman–Crippen MR) is 65.0 cm³/mol. The number of hydrogen-bond donors (Lipinski definition) is 1. The topological polar surface area (TPSA) is 52.3 Å². The van der Waals surface area contributed by atoms with Crippen molar-refractivity contribution >= 4 is 5.97 Å². The third-order valence-electron chi connectivity index (χ3n) is 3.38. The Bertz CT molecular complexity index is 196. The Morgan fingerprint density at radius 2 is 2.12 bits per heavy atom. The molecular weight excluding hydrogens is 202 g/mol. The van der Waals surface area contributed by atoms with Crippen LogP contribution >= 0.6 is 0 Å². The average Bonchev–Trinajstić information content (AvgIpc) is 2.21. The van der Waals surface area contributed by atoms with E-state index in [1.165, 1.54) is 19.3 Å². The number of ether oxygens (including phenoxy) is 1. The summed E-state index contributed by atoms with van der Waals surface area (Å²) in [6, 6.07) is 0. The van der Waals surface area contributed by atoms with Gasteiger partial charge in [0.2, 0.25) is 0 Å². The average molecular weight is 227 g/mol. The molecule has 1 fully saturated rings. The van der Waals surface area contributed by atoms with Crippen molar-refractivity contribution in [3.63, 3.8) is 0 Å². The van der Waals surface area contributed by atoms with E-state index in [2.05, 4.69) is 6.92 Å². The molecule has 94 valence electrons. The molecular formula is C13H25NO2. The van der Waals surface area contributed by atoms with Gasteiger partial charge in [-0.2, -0.15) is 0 Å². The Morgan fingerprint density at radius 1 is 1.38 bits per heavy atom. The summed E-state index contributed by atoms with van der Waals surface area (Å²) in [7, 11) is 0. The molecule has 0 spiro atoms. The first-order valence-corrected chi connectivity index (χ1v) is 6.65. The zero-order valence-electron chi connectivity index (χ0n) is 10.4. The SMILES string of the molecule is CCCC(CCN)CCC(=O)OC1CCC1. The van der Waals surface area contributed by atoms with Crippen molar-refractivity contribution < 1.29 is 9.53 Å². The fraction of sp³-hybridized carbons (Fsp3) is 0.923. The number of nitrogens with two attached hydrogens (primary N) is 1. The molecule has 0 amide bonds. The van der Waals surface area contributed by atoms with Gasteiger partial charge in [0.25, 0.3) is 0 Å². The van der Waals surface area contributed by atoms with Crippen LogP contribution < -0.4 is 5.73 Å². The van der Waals surface area contributed by atoms with Gasteiger partial charge in [-0.05, 0) is 44.6 Å². The maximum atomic E-state index is 11.5. The summed E-state index contributed by atoms with van der Waals surface area (Å²) < 4.78 is 5.32. The van der Waals surface area contributed by atoms with Crippen LogP contribution in [0.3, 0.4) is 0 Å². The van der Waals surface area contributed by atoms with E-state index in [-0.39, 0.29) is 12.1 Å². The minimum Gasteiger partial charge on any atom is -0.462 e. The Hall–Kier alpha value is -0.570.